The van der Waals surface area contributed by atoms with E-state index in [1.165, 1.54) is 28.6 Å². The van der Waals surface area contributed by atoms with E-state index in [0.29, 0.717) is 5.02 Å². The molecule has 0 aliphatic carbocycles. The van der Waals surface area contributed by atoms with Gasteiger partial charge in [-0.15, -0.1) is 0 Å². The van der Waals surface area contributed by atoms with Crippen LogP contribution in [0, 0.1) is 29.2 Å². The standard InChI is InChI=1S/C24H23ClF4N2O7S/c25-15-1-3-17(4-2-15)39(36,37)31-7-5-30(6-8-31)12-16(32)9-14(10-21(34)35)20(33)13-38-24-22(28)18(26)11-19(27)23(24)29/h1-4,11,14H,5-10,12-13H2,(H,34,35)/t14-/m0/s1. The number of aliphatic carboxylic acids is 1. The van der Waals surface area contributed by atoms with Crippen LogP contribution in [0.25, 0.3) is 0 Å². The van der Waals surface area contributed by atoms with Crippen LogP contribution in [0.15, 0.2) is 35.2 Å². The maximum Gasteiger partial charge on any atom is 0.304 e. The van der Waals surface area contributed by atoms with Crippen LogP contribution in [-0.4, -0.2) is 79.6 Å². The Morgan fingerprint density at radius 2 is 1.51 bits per heavy atom. The zero-order chi connectivity index (χ0) is 28.9. The molecule has 15 heteroatoms. The third kappa shape index (κ3) is 7.75. The number of sulfonamides is 1. The van der Waals surface area contributed by atoms with E-state index in [1.807, 2.05) is 0 Å². The highest BCUT2D eigenvalue weighted by molar-refractivity contribution is 7.89. The zero-order valence-electron chi connectivity index (χ0n) is 20.2. The van der Waals surface area contributed by atoms with Crippen molar-refractivity contribution in [3.05, 3.63) is 58.6 Å². The van der Waals surface area contributed by atoms with Crippen molar-refractivity contribution >= 4 is 39.2 Å². The lowest BCUT2D eigenvalue weighted by molar-refractivity contribution is -0.141. The van der Waals surface area contributed by atoms with Crippen molar-refractivity contribution in [3.8, 4) is 5.75 Å². The van der Waals surface area contributed by atoms with Gasteiger partial charge in [-0.05, 0) is 24.3 Å². The Morgan fingerprint density at radius 1 is 0.949 bits per heavy atom. The van der Waals surface area contributed by atoms with E-state index < -0.39 is 81.9 Å². The molecule has 0 aromatic heterocycles. The van der Waals surface area contributed by atoms with Crippen LogP contribution in [0.4, 0.5) is 17.6 Å². The highest BCUT2D eigenvalue weighted by Crippen LogP contribution is 2.27. The number of carboxylic acid groups (broad SMARTS) is 1. The summed E-state index contributed by atoms with van der Waals surface area (Å²) in [5, 5.41) is 9.50. The summed E-state index contributed by atoms with van der Waals surface area (Å²) in [5.74, 6) is -13.2. The molecule has 0 unspecified atom stereocenters. The minimum atomic E-state index is -3.78. The van der Waals surface area contributed by atoms with Gasteiger partial charge in [-0.1, -0.05) is 11.6 Å². The number of ketones is 2. The topological polar surface area (TPSA) is 121 Å². The van der Waals surface area contributed by atoms with E-state index in [4.69, 9.17) is 16.7 Å². The molecule has 2 aromatic carbocycles. The second-order valence-corrected chi connectivity index (χ2v) is 11.1. The monoisotopic (exact) mass is 594 g/mol. The first-order valence-electron chi connectivity index (χ1n) is 11.5. The fourth-order valence-electron chi connectivity index (χ4n) is 3.92. The van der Waals surface area contributed by atoms with Crippen molar-refractivity contribution in [2.24, 2.45) is 5.92 Å². The molecule has 1 atom stereocenters. The minimum absolute atomic E-state index is 0.0435. The van der Waals surface area contributed by atoms with Gasteiger partial charge in [0.2, 0.25) is 21.7 Å². The maximum absolute atomic E-state index is 13.8. The second-order valence-electron chi connectivity index (χ2n) is 8.72. The average molecular weight is 595 g/mol. The number of carbonyl (C=O) groups excluding carboxylic acids is 2. The van der Waals surface area contributed by atoms with Crippen LogP contribution in [0.3, 0.4) is 0 Å². The van der Waals surface area contributed by atoms with Crippen LogP contribution < -0.4 is 4.74 Å². The third-order valence-corrected chi connectivity index (χ3v) is 8.13. The molecule has 39 heavy (non-hydrogen) atoms. The fourth-order valence-corrected chi connectivity index (χ4v) is 5.47. The summed E-state index contributed by atoms with van der Waals surface area (Å²) >= 11 is 5.80. The van der Waals surface area contributed by atoms with Gasteiger partial charge in [0, 0.05) is 49.6 Å². The lowest BCUT2D eigenvalue weighted by atomic mass is 9.94. The average Bonchev–Trinajstić information content (AvgIpc) is 2.87. The maximum atomic E-state index is 13.8. The number of hydrogen-bond donors (Lipinski definition) is 1. The number of carboxylic acids is 1. The summed E-state index contributed by atoms with van der Waals surface area (Å²) in [7, 11) is -3.78. The number of Topliss-reactive ketones (excluding diaryl/α,β-unsaturated/α-hetero) is 2. The van der Waals surface area contributed by atoms with E-state index >= 15 is 0 Å². The van der Waals surface area contributed by atoms with E-state index in [9.17, 15) is 40.4 Å². The van der Waals surface area contributed by atoms with Gasteiger partial charge in [-0.3, -0.25) is 19.3 Å². The van der Waals surface area contributed by atoms with Crippen molar-refractivity contribution < 1.29 is 50.2 Å². The van der Waals surface area contributed by atoms with Crippen molar-refractivity contribution in [2.45, 2.75) is 17.7 Å². The molecule has 2 aromatic rings. The van der Waals surface area contributed by atoms with E-state index in [1.54, 1.807) is 4.90 Å². The Morgan fingerprint density at radius 3 is 2.05 bits per heavy atom. The van der Waals surface area contributed by atoms with E-state index in [2.05, 4.69) is 4.74 Å². The first kappa shape index (κ1) is 30.5. The van der Waals surface area contributed by atoms with Gasteiger partial charge in [0.05, 0.1) is 17.9 Å². The Bertz CT molecular complexity index is 1320. The number of nitrogens with zero attached hydrogens (tertiary/aromatic N) is 2. The molecule has 1 aliphatic heterocycles. The van der Waals surface area contributed by atoms with Gasteiger partial charge < -0.3 is 9.84 Å². The number of ether oxygens (including phenoxy) is 1. The van der Waals surface area contributed by atoms with Crippen LogP contribution >= 0.6 is 11.6 Å². The number of hydrogen-bond acceptors (Lipinski definition) is 7. The molecule has 1 saturated heterocycles. The molecule has 0 radical (unpaired) electrons. The Hall–Kier alpha value is -3.07. The molecular formula is C24H23ClF4N2O7S. The molecule has 9 nitrogen and oxygen atoms in total. The summed E-state index contributed by atoms with van der Waals surface area (Å²) < 4.78 is 85.7. The van der Waals surface area contributed by atoms with Crippen LogP contribution in [0.1, 0.15) is 12.8 Å². The van der Waals surface area contributed by atoms with Gasteiger partial charge in [-0.25, -0.2) is 17.2 Å². The SMILES string of the molecule is O=C(O)C[C@H](CC(=O)CN1CCN(S(=O)(=O)c2ccc(Cl)cc2)CC1)C(=O)COc1c(F)c(F)cc(F)c1F. The Kier molecular flexibility index (Phi) is 10.0. The summed E-state index contributed by atoms with van der Waals surface area (Å²) in [6.07, 6.45) is -1.36. The molecule has 1 aliphatic rings. The fraction of sp³-hybridized carbons (Fsp3) is 0.375. The number of halogens is 5. The van der Waals surface area contributed by atoms with Gasteiger partial charge in [-0.2, -0.15) is 13.1 Å². The summed E-state index contributed by atoms with van der Waals surface area (Å²) in [5.41, 5.74) is 0. The number of rotatable bonds is 12. The van der Waals surface area contributed by atoms with Gasteiger partial charge in [0.15, 0.2) is 23.2 Å². The van der Waals surface area contributed by atoms with E-state index in [-0.39, 0.29) is 43.7 Å². The second kappa shape index (κ2) is 12.9. The molecule has 1 N–H and O–H groups in total. The first-order chi connectivity index (χ1) is 18.3. The smallest absolute Gasteiger partial charge is 0.304 e. The van der Waals surface area contributed by atoms with Gasteiger partial charge in [0.1, 0.15) is 12.4 Å². The molecule has 212 valence electrons. The molecule has 0 amide bonds. The summed E-state index contributed by atoms with van der Waals surface area (Å²) in [6.45, 7) is -0.831. The number of carbonyl (C=O) groups is 3. The Labute approximate surface area is 226 Å². The first-order valence-corrected chi connectivity index (χ1v) is 13.3. The largest absolute Gasteiger partial charge is 0.481 e. The summed E-state index contributed by atoms with van der Waals surface area (Å²) in [4.78, 5) is 38.1. The van der Waals surface area contributed by atoms with Crippen molar-refractivity contribution in [1.29, 1.82) is 0 Å². The highest BCUT2D eigenvalue weighted by Gasteiger charge is 2.31. The molecule has 1 heterocycles. The van der Waals surface area contributed by atoms with Crippen LogP contribution in [0.2, 0.25) is 5.02 Å². The minimum Gasteiger partial charge on any atom is -0.481 e. The quantitative estimate of drug-likeness (QED) is 0.294. The lowest BCUT2D eigenvalue weighted by Crippen LogP contribution is -2.50. The third-order valence-electron chi connectivity index (χ3n) is 5.96. The molecule has 0 bridgehead atoms. The van der Waals surface area contributed by atoms with Crippen molar-refractivity contribution in [3.63, 3.8) is 0 Å². The molecule has 0 saturated carbocycles. The normalized spacial score (nSPS) is 15.6. The lowest BCUT2D eigenvalue weighted by Gasteiger charge is -2.33. The highest BCUT2D eigenvalue weighted by atomic mass is 35.5. The number of piperazine rings is 1. The molecule has 3 rings (SSSR count). The van der Waals surface area contributed by atoms with Crippen molar-refractivity contribution in [1.82, 2.24) is 9.21 Å². The Balaban J connectivity index is 1.57. The van der Waals surface area contributed by atoms with Crippen LogP contribution in [0.5, 0.6) is 5.75 Å². The zero-order valence-corrected chi connectivity index (χ0v) is 21.8. The molecule has 0 spiro atoms. The van der Waals surface area contributed by atoms with Gasteiger partial charge in [0.25, 0.3) is 0 Å². The molecule has 1 fully saturated rings. The van der Waals surface area contributed by atoms with Crippen molar-refractivity contribution in [2.75, 3.05) is 39.3 Å². The van der Waals surface area contributed by atoms with Crippen LogP contribution in [-0.2, 0) is 24.4 Å². The predicted molar refractivity (Wildman–Crippen MR) is 129 cm³/mol. The number of benzene rings is 2. The predicted octanol–water partition coefficient (Wildman–Crippen LogP) is 2.90. The van der Waals surface area contributed by atoms with E-state index in [0.717, 1.165) is 0 Å². The molecular weight excluding hydrogens is 572 g/mol. The summed E-state index contributed by atoms with van der Waals surface area (Å²) in [6, 6.07) is 5.62. The van der Waals surface area contributed by atoms with Gasteiger partial charge >= 0.3 is 5.97 Å².